The number of carbonyl (C=O) groups is 1. The monoisotopic (exact) mass is 290 g/mol. The summed E-state index contributed by atoms with van der Waals surface area (Å²) >= 11 is 6.02. The van der Waals surface area contributed by atoms with E-state index in [1.807, 2.05) is 18.2 Å². The number of hydrogen-bond acceptors (Lipinski definition) is 4. The van der Waals surface area contributed by atoms with E-state index in [1.54, 1.807) is 12.1 Å². The molecule has 0 saturated heterocycles. The third kappa shape index (κ3) is 2.83. The van der Waals surface area contributed by atoms with E-state index in [0.717, 1.165) is 5.56 Å². The van der Waals surface area contributed by atoms with Crippen molar-refractivity contribution >= 4 is 29.3 Å². The summed E-state index contributed by atoms with van der Waals surface area (Å²) in [5.74, 6) is -1.28. The van der Waals surface area contributed by atoms with Gasteiger partial charge in [0.25, 0.3) is 0 Å². The van der Waals surface area contributed by atoms with Gasteiger partial charge in [-0.2, -0.15) is 4.99 Å². The number of anilines is 1. The highest BCUT2D eigenvalue weighted by Gasteiger charge is 2.17. The van der Waals surface area contributed by atoms with Crippen molar-refractivity contribution in [2.24, 2.45) is 16.5 Å². The van der Waals surface area contributed by atoms with E-state index in [4.69, 9.17) is 28.8 Å². The molecule has 2 rings (SSSR count). The summed E-state index contributed by atoms with van der Waals surface area (Å²) in [6.07, 6.45) is 0. The molecule has 0 spiro atoms. The largest absolute Gasteiger partial charge is 0.382 e. The second-order valence-electron chi connectivity index (χ2n) is 3.80. The summed E-state index contributed by atoms with van der Waals surface area (Å²) in [7, 11) is 0. The molecule has 8 heteroatoms. The van der Waals surface area contributed by atoms with E-state index in [2.05, 4.69) is 15.0 Å². The Morgan fingerprint density at radius 1 is 1.15 bits per heavy atom. The standard InChI is InChI=1S/C12H11ClN6O/c13-9-7(6-4-2-1-3-5-6)18-10(14)8(17-9)11(20)19-12(15)16/h1-5H,(H2,14,18)(H4,15,16,19,20). The van der Waals surface area contributed by atoms with Crippen LogP contribution in [-0.2, 0) is 0 Å². The molecular formula is C12H11ClN6O. The molecule has 1 amide bonds. The molecule has 0 fully saturated rings. The van der Waals surface area contributed by atoms with Gasteiger partial charge in [0.15, 0.2) is 22.6 Å². The summed E-state index contributed by atoms with van der Waals surface area (Å²) in [5, 5.41) is 0.0412. The zero-order valence-electron chi connectivity index (χ0n) is 10.2. The lowest BCUT2D eigenvalue weighted by Crippen LogP contribution is -2.24. The molecule has 1 aromatic carbocycles. The summed E-state index contributed by atoms with van der Waals surface area (Å²) in [6.45, 7) is 0. The average molecular weight is 291 g/mol. The van der Waals surface area contributed by atoms with Crippen LogP contribution in [0.15, 0.2) is 35.3 Å². The van der Waals surface area contributed by atoms with E-state index >= 15 is 0 Å². The normalized spacial score (nSPS) is 10.1. The maximum Gasteiger partial charge on any atom is 0.302 e. The van der Waals surface area contributed by atoms with Crippen LogP contribution in [0.1, 0.15) is 10.5 Å². The Labute approximate surface area is 119 Å². The molecule has 2 aromatic rings. The maximum atomic E-state index is 11.7. The number of guanidine groups is 1. The fourth-order valence-electron chi connectivity index (χ4n) is 1.54. The van der Waals surface area contributed by atoms with Crippen molar-refractivity contribution in [3.05, 3.63) is 41.2 Å². The van der Waals surface area contributed by atoms with Gasteiger partial charge >= 0.3 is 5.91 Å². The smallest absolute Gasteiger partial charge is 0.302 e. The molecule has 20 heavy (non-hydrogen) atoms. The molecule has 0 aliphatic rings. The molecule has 1 heterocycles. The highest BCUT2D eigenvalue weighted by molar-refractivity contribution is 6.32. The maximum absolute atomic E-state index is 11.7. The molecule has 0 aliphatic carbocycles. The van der Waals surface area contributed by atoms with Gasteiger partial charge in [-0.1, -0.05) is 41.9 Å². The van der Waals surface area contributed by atoms with Gasteiger partial charge in [-0.25, -0.2) is 9.97 Å². The predicted octanol–water partition coefficient (Wildman–Crippen LogP) is 0.793. The molecule has 102 valence electrons. The van der Waals surface area contributed by atoms with Gasteiger partial charge in [0, 0.05) is 5.56 Å². The van der Waals surface area contributed by atoms with E-state index in [9.17, 15) is 4.79 Å². The van der Waals surface area contributed by atoms with E-state index < -0.39 is 5.91 Å². The van der Waals surface area contributed by atoms with Crippen LogP contribution >= 0.6 is 11.6 Å². The number of carbonyl (C=O) groups excluding carboxylic acids is 1. The van der Waals surface area contributed by atoms with Gasteiger partial charge in [0.2, 0.25) is 0 Å². The van der Waals surface area contributed by atoms with Crippen LogP contribution in [0.2, 0.25) is 5.15 Å². The molecule has 6 N–H and O–H groups in total. The number of rotatable bonds is 2. The topological polar surface area (TPSA) is 133 Å². The molecule has 0 aliphatic heterocycles. The first-order valence-corrected chi connectivity index (χ1v) is 5.89. The minimum Gasteiger partial charge on any atom is -0.382 e. The highest BCUT2D eigenvalue weighted by atomic mass is 35.5. The molecule has 0 saturated carbocycles. The number of amides is 1. The SMILES string of the molecule is NC(N)=NC(=O)c1nc(Cl)c(-c2ccccc2)nc1N. The van der Waals surface area contributed by atoms with E-state index in [-0.39, 0.29) is 22.6 Å². The Balaban J connectivity index is 2.50. The van der Waals surface area contributed by atoms with Crippen LogP contribution in [0.5, 0.6) is 0 Å². The number of hydrogen-bond donors (Lipinski definition) is 3. The van der Waals surface area contributed by atoms with Crippen molar-refractivity contribution in [2.75, 3.05) is 5.73 Å². The number of nitrogens with zero attached hydrogens (tertiary/aromatic N) is 3. The van der Waals surface area contributed by atoms with Crippen LogP contribution in [0, 0.1) is 0 Å². The lowest BCUT2D eigenvalue weighted by Gasteiger charge is -2.06. The summed E-state index contributed by atoms with van der Waals surface area (Å²) in [5.41, 5.74) is 16.9. The summed E-state index contributed by atoms with van der Waals surface area (Å²) < 4.78 is 0. The zero-order valence-corrected chi connectivity index (χ0v) is 11.0. The van der Waals surface area contributed by atoms with Crippen LogP contribution in [0.4, 0.5) is 5.82 Å². The predicted molar refractivity (Wildman–Crippen MR) is 77.0 cm³/mol. The molecular weight excluding hydrogens is 280 g/mol. The van der Waals surface area contributed by atoms with Crippen molar-refractivity contribution in [1.82, 2.24) is 9.97 Å². The van der Waals surface area contributed by atoms with Crippen LogP contribution in [-0.4, -0.2) is 21.8 Å². The lowest BCUT2D eigenvalue weighted by molar-refractivity contribution is 0.0998. The van der Waals surface area contributed by atoms with Crippen molar-refractivity contribution in [2.45, 2.75) is 0 Å². The minimum atomic E-state index is -0.795. The van der Waals surface area contributed by atoms with Gasteiger partial charge in [-0.15, -0.1) is 0 Å². The first kappa shape index (κ1) is 13.8. The average Bonchev–Trinajstić information content (AvgIpc) is 2.41. The Hall–Kier alpha value is -2.67. The highest BCUT2D eigenvalue weighted by Crippen LogP contribution is 2.26. The van der Waals surface area contributed by atoms with Crippen molar-refractivity contribution in [1.29, 1.82) is 0 Å². The van der Waals surface area contributed by atoms with Crippen LogP contribution < -0.4 is 17.2 Å². The van der Waals surface area contributed by atoms with Crippen LogP contribution in [0.25, 0.3) is 11.3 Å². The van der Waals surface area contributed by atoms with Gasteiger partial charge in [0.05, 0.1) is 0 Å². The van der Waals surface area contributed by atoms with E-state index in [1.165, 1.54) is 0 Å². The van der Waals surface area contributed by atoms with E-state index in [0.29, 0.717) is 5.69 Å². The summed E-state index contributed by atoms with van der Waals surface area (Å²) in [6, 6.07) is 9.09. The van der Waals surface area contributed by atoms with Gasteiger partial charge in [-0.05, 0) is 0 Å². The van der Waals surface area contributed by atoms with Gasteiger partial charge in [-0.3, -0.25) is 4.79 Å². The number of halogens is 1. The molecule has 0 atom stereocenters. The molecule has 0 bridgehead atoms. The first-order valence-electron chi connectivity index (χ1n) is 5.51. The Morgan fingerprint density at radius 3 is 2.40 bits per heavy atom. The number of nitrogens with two attached hydrogens (primary N) is 3. The molecule has 7 nitrogen and oxygen atoms in total. The number of aliphatic imine (C=N–C) groups is 1. The molecule has 0 radical (unpaired) electrons. The third-order valence-electron chi connectivity index (χ3n) is 2.36. The van der Waals surface area contributed by atoms with Crippen LogP contribution in [0.3, 0.4) is 0 Å². The van der Waals surface area contributed by atoms with Crippen molar-refractivity contribution < 1.29 is 4.79 Å². The second-order valence-corrected chi connectivity index (χ2v) is 4.16. The fourth-order valence-corrected chi connectivity index (χ4v) is 1.77. The summed E-state index contributed by atoms with van der Waals surface area (Å²) in [4.78, 5) is 23.0. The minimum absolute atomic E-state index is 0.0412. The lowest BCUT2D eigenvalue weighted by atomic mass is 10.1. The Morgan fingerprint density at radius 2 is 1.80 bits per heavy atom. The quantitative estimate of drug-likeness (QED) is 0.553. The van der Waals surface area contributed by atoms with Gasteiger partial charge in [0.1, 0.15) is 5.69 Å². The molecule has 1 aromatic heterocycles. The fraction of sp³-hybridized carbons (Fsp3) is 0. The van der Waals surface area contributed by atoms with Crippen molar-refractivity contribution in [3.8, 4) is 11.3 Å². The Kier molecular flexibility index (Phi) is 3.81. The molecule has 0 unspecified atom stereocenters. The van der Waals surface area contributed by atoms with Gasteiger partial charge < -0.3 is 17.2 Å². The van der Waals surface area contributed by atoms with Crippen molar-refractivity contribution in [3.63, 3.8) is 0 Å². The third-order valence-corrected chi connectivity index (χ3v) is 2.62. The number of aromatic nitrogens is 2. The number of benzene rings is 1. The zero-order chi connectivity index (χ0) is 14.7. The second kappa shape index (κ2) is 5.54. The Bertz CT molecular complexity index is 682. The first-order chi connectivity index (χ1) is 9.49. The number of nitrogen functional groups attached to an aromatic ring is 1.